The van der Waals surface area contributed by atoms with Gasteiger partial charge in [-0.15, -0.1) is 0 Å². The van der Waals surface area contributed by atoms with Crippen molar-refractivity contribution in [2.45, 2.75) is 44.4 Å². The highest BCUT2D eigenvalue weighted by Gasteiger charge is 2.29. The predicted molar refractivity (Wildman–Crippen MR) is 156 cm³/mol. The number of ether oxygens (including phenoxy) is 1. The van der Waals surface area contributed by atoms with Gasteiger partial charge in [-0.25, -0.2) is 13.4 Å². The molecule has 0 spiro atoms. The second-order valence-corrected chi connectivity index (χ2v) is 13.5. The highest BCUT2D eigenvalue weighted by atomic mass is 32.2. The van der Waals surface area contributed by atoms with Crippen LogP contribution in [0.4, 0.5) is 5.13 Å². The lowest BCUT2D eigenvalue weighted by Crippen LogP contribution is -2.39. The number of thiazole rings is 1. The topological polar surface area (TPSA) is 83.0 Å². The van der Waals surface area contributed by atoms with Crippen LogP contribution in [0.15, 0.2) is 47.4 Å². The van der Waals surface area contributed by atoms with E-state index >= 15 is 0 Å². The van der Waals surface area contributed by atoms with Crippen molar-refractivity contribution >= 4 is 42.6 Å². The number of amides is 1. The number of nitrogens with zero attached hydrogens (tertiary/aromatic N) is 4. The van der Waals surface area contributed by atoms with Crippen LogP contribution in [0.25, 0.3) is 10.2 Å². The number of hydrogen-bond acceptors (Lipinski definition) is 7. The van der Waals surface area contributed by atoms with Crippen molar-refractivity contribution in [3.05, 3.63) is 53.6 Å². The van der Waals surface area contributed by atoms with Gasteiger partial charge in [0, 0.05) is 44.8 Å². The Hall–Kier alpha value is -2.37. The molecule has 1 unspecified atom stereocenters. The first kappa shape index (κ1) is 28.2. The largest absolute Gasteiger partial charge is 0.379 e. The molecule has 8 nitrogen and oxygen atoms in total. The fraction of sp³-hybridized carbons (Fsp3) is 0.517. The summed E-state index contributed by atoms with van der Waals surface area (Å²) < 4.78 is 34.5. The quantitative estimate of drug-likeness (QED) is 0.373. The lowest BCUT2D eigenvalue weighted by Gasteiger charge is -2.30. The maximum atomic E-state index is 13.8. The number of sulfonamides is 1. The van der Waals surface area contributed by atoms with Crippen molar-refractivity contribution in [1.82, 2.24) is 14.2 Å². The van der Waals surface area contributed by atoms with E-state index in [1.165, 1.54) is 16.9 Å². The molecule has 2 aliphatic heterocycles. The molecule has 0 radical (unpaired) electrons. The van der Waals surface area contributed by atoms with Crippen LogP contribution in [0.1, 0.15) is 49.0 Å². The molecule has 2 fully saturated rings. The van der Waals surface area contributed by atoms with Crippen molar-refractivity contribution in [2.75, 3.05) is 57.4 Å². The van der Waals surface area contributed by atoms with Crippen LogP contribution in [0, 0.1) is 5.92 Å². The molecule has 2 aromatic carbocycles. The van der Waals surface area contributed by atoms with E-state index in [-0.39, 0.29) is 10.8 Å². The molecule has 0 bridgehead atoms. The second-order valence-electron chi connectivity index (χ2n) is 10.6. The summed E-state index contributed by atoms with van der Waals surface area (Å²) in [6.45, 7) is 9.99. The van der Waals surface area contributed by atoms with E-state index in [0.717, 1.165) is 68.7 Å². The SMILES string of the molecule is CCc1ccc2nc(N(CCCN3CCOCC3)C(=O)c3ccc(S(=O)(=O)N4CCCC(C)C4)cc3)sc2c1. The van der Waals surface area contributed by atoms with Gasteiger partial charge < -0.3 is 4.74 Å². The summed E-state index contributed by atoms with van der Waals surface area (Å²) in [4.78, 5) is 23.0. The molecule has 1 amide bonds. The number of anilines is 1. The Labute approximate surface area is 235 Å². The Kier molecular flexibility index (Phi) is 8.98. The molecule has 210 valence electrons. The first-order valence-corrected chi connectivity index (χ1v) is 16.2. The molecule has 1 atom stereocenters. The van der Waals surface area contributed by atoms with Gasteiger partial charge in [-0.05, 0) is 73.6 Å². The van der Waals surface area contributed by atoms with Gasteiger partial charge in [0.15, 0.2) is 5.13 Å². The molecule has 3 aromatic rings. The number of aryl methyl sites for hydroxylation is 1. The Balaban J connectivity index is 1.37. The third-order valence-electron chi connectivity index (χ3n) is 7.64. The van der Waals surface area contributed by atoms with Crippen LogP contribution in [-0.2, 0) is 21.2 Å². The Morgan fingerprint density at radius 3 is 2.62 bits per heavy atom. The summed E-state index contributed by atoms with van der Waals surface area (Å²) in [5.74, 6) is 0.185. The van der Waals surface area contributed by atoms with E-state index in [2.05, 4.69) is 30.9 Å². The lowest BCUT2D eigenvalue weighted by atomic mass is 10.0. The van der Waals surface area contributed by atoms with Crippen molar-refractivity contribution in [1.29, 1.82) is 0 Å². The first-order valence-electron chi connectivity index (χ1n) is 14.0. The minimum atomic E-state index is -3.58. The number of hydrogen-bond donors (Lipinski definition) is 0. The van der Waals surface area contributed by atoms with Crippen LogP contribution >= 0.6 is 11.3 Å². The monoisotopic (exact) mass is 570 g/mol. The van der Waals surface area contributed by atoms with Crippen molar-refractivity contribution in [3.63, 3.8) is 0 Å². The second kappa shape index (κ2) is 12.4. The third-order valence-corrected chi connectivity index (χ3v) is 10.6. The number of morpholine rings is 1. The zero-order valence-electron chi connectivity index (χ0n) is 22.8. The molecule has 1 aromatic heterocycles. The van der Waals surface area contributed by atoms with Gasteiger partial charge in [-0.1, -0.05) is 31.3 Å². The van der Waals surface area contributed by atoms with E-state index in [4.69, 9.17) is 9.72 Å². The third kappa shape index (κ3) is 6.52. The van der Waals surface area contributed by atoms with Crippen LogP contribution in [0.3, 0.4) is 0 Å². The lowest BCUT2D eigenvalue weighted by molar-refractivity contribution is 0.0376. The Morgan fingerprint density at radius 1 is 1.13 bits per heavy atom. The molecule has 2 saturated heterocycles. The standard InChI is InChI=1S/C29H38N4O4S2/c1-3-23-7-12-26-27(20-23)38-29(30-26)33(15-5-13-31-16-18-37-19-17-31)28(34)24-8-10-25(11-9-24)39(35,36)32-14-4-6-22(2)21-32/h7-12,20,22H,3-6,13-19,21H2,1-2H3. The van der Waals surface area contributed by atoms with E-state index in [9.17, 15) is 13.2 Å². The summed E-state index contributed by atoms with van der Waals surface area (Å²) in [5, 5.41) is 0.671. The van der Waals surface area contributed by atoms with Crippen LogP contribution in [-0.4, -0.2) is 81.0 Å². The Morgan fingerprint density at radius 2 is 1.90 bits per heavy atom. The van der Waals surface area contributed by atoms with Gasteiger partial charge in [0.25, 0.3) is 5.91 Å². The maximum absolute atomic E-state index is 13.8. The molecular weight excluding hydrogens is 532 g/mol. The van der Waals surface area contributed by atoms with Crippen molar-refractivity contribution in [3.8, 4) is 0 Å². The fourth-order valence-corrected chi connectivity index (χ4v) is 7.94. The van der Waals surface area contributed by atoms with Gasteiger partial charge in [0.1, 0.15) is 0 Å². The number of piperidine rings is 1. The minimum Gasteiger partial charge on any atom is -0.379 e. The summed E-state index contributed by atoms with van der Waals surface area (Å²) in [5.41, 5.74) is 2.58. The van der Waals surface area contributed by atoms with Crippen LogP contribution < -0.4 is 4.90 Å². The zero-order valence-corrected chi connectivity index (χ0v) is 24.5. The van der Waals surface area contributed by atoms with Crippen molar-refractivity contribution < 1.29 is 17.9 Å². The zero-order chi connectivity index (χ0) is 27.4. The number of carbonyl (C=O) groups is 1. The first-order chi connectivity index (χ1) is 18.8. The molecule has 5 rings (SSSR count). The molecule has 3 heterocycles. The Bertz CT molecular complexity index is 1380. The van der Waals surface area contributed by atoms with E-state index < -0.39 is 10.0 Å². The summed E-state index contributed by atoms with van der Waals surface area (Å²) in [7, 11) is -3.58. The van der Waals surface area contributed by atoms with Gasteiger partial charge in [-0.3, -0.25) is 14.6 Å². The average Bonchev–Trinajstić information content (AvgIpc) is 3.38. The molecule has 39 heavy (non-hydrogen) atoms. The highest BCUT2D eigenvalue weighted by molar-refractivity contribution is 7.89. The van der Waals surface area contributed by atoms with E-state index in [1.807, 2.05) is 6.07 Å². The molecule has 10 heteroatoms. The normalized spacial score (nSPS) is 19.4. The average molecular weight is 571 g/mol. The smallest absolute Gasteiger partial charge is 0.260 e. The molecular formula is C29H38N4O4S2. The molecule has 0 aliphatic carbocycles. The van der Waals surface area contributed by atoms with E-state index in [1.54, 1.807) is 33.5 Å². The number of carbonyl (C=O) groups excluding carboxylic acids is 1. The summed E-state index contributed by atoms with van der Waals surface area (Å²) in [6.07, 6.45) is 3.67. The van der Waals surface area contributed by atoms with Crippen molar-refractivity contribution in [2.24, 2.45) is 5.92 Å². The number of fused-ring (bicyclic) bond motifs is 1. The highest BCUT2D eigenvalue weighted by Crippen LogP contribution is 2.31. The number of benzene rings is 2. The van der Waals surface area contributed by atoms with Crippen LogP contribution in [0.5, 0.6) is 0 Å². The minimum absolute atomic E-state index is 0.165. The molecule has 0 saturated carbocycles. The summed E-state index contributed by atoms with van der Waals surface area (Å²) in [6, 6.07) is 12.7. The number of aromatic nitrogens is 1. The van der Waals surface area contributed by atoms with Gasteiger partial charge in [0.2, 0.25) is 10.0 Å². The predicted octanol–water partition coefficient (Wildman–Crippen LogP) is 4.65. The number of rotatable bonds is 9. The van der Waals surface area contributed by atoms with Gasteiger partial charge >= 0.3 is 0 Å². The molecule has 2 aliphatic rings. The molecule has 0 N–H and O–H groups in total. The fourth-order valence-electron chi connectivity index (χ4n) is 5.29. The van der Waals surface area contributed by atoms with E-state index in [0.29, 0.717) is 36.2 Å². The summed E-state index contributed by atoms with van der Waals surface area (Å²) >= 11 is 1.53. The van der Waals surface area contributed by atoms with Gasteiger partial charge in [0.05, 0.1) is 28.3 Å². The maximum Gasteiger partial charge on any atom is 0.260 e. The van der Waals surface area contributed by atoms with Gasteiger partial charge in [-0.2, -0.15) is 4.31 Å². The van der Waals surface area contributed by atoms with Crippen LogP contribution in [0.2, 0.25) is 0 Å².